The van der Waals surface area contributed by atoms with E-state index in [9.17, 15) is 9.59 Å². The van der Waals surface area contributed by atoms with Gasteiger partial charge < -0.3 is 9.30 Å². The molecule has 2 heterocycles. The van der Waals surface area contributed by atoms with Gasteiger partial charge in [-0.05, 0) is 77.3 Å². The van der Waals surface area contributed by atoms with E-state index in [0.29, 0.717) is 11.4 Å². The number of aromatic nitrogens is 1. The van der Waals surface area contributed by atoms with Gasteiger partial charge in [0, 0.05) is 29.2 Å². The standard InChI is InChI=1S/C33H28N2O3S/c1-22-11-12-23(2)30(17-22)38-16-15-35-32(36)31(39-33(35)37)19-27-21-34(29-10-6-5-9-28(27)29)20-24-13-14-25-7-3-4-8-26(25)18-24/h3-14,17-19,21H,15-16,20H2,1-2H3/b31-19-. The molecule has 0 atom stereocenters. The highest BCUT2D eigenvalue weighted by Gasteiger charge is 2.35. The van der Waals surface area contributed by atoms with Crippen LogP contribution in [0.1, 0.15) is 22.3 Å². The number of amides is 2. The maximum atomic E-state index is 13.2. The Morgan fingerprint density at radius 2 is 1.67 bits per heavy atom. The number of ether oxygens (including phenoxy) is 1. The summed E-state index contributed by atoms with van der Waals surface area (Å²) in [6.07, 6.45) is 3.91. The number of nitrogens with zero attached hydrogens (tertiary/aromatic N) is 2. The molecule has 1 fully saturated rings. The van der Waals surface area contributed by atoms with Gasteiger partial charge in [-0.2, -0.15) is 0 Å². The second-order valence-electron chi connectivity index (χ2n) is 9.86. The lowest BCUT2D eigenvalue weighted by atomic mass is 10.1. The highest BCUT2D eigenvalue weighted by molar-refractivity contribution is 8.18. The van der Waals surface area contributed by atoms with Crippen molar-refractivity contribution in [1.82, 2.24) is 9.47 Å². The van der Waals surface area contributed by atoms with Crippen LogP contribution in [0.15, 0.2) is 96.0 Å². The number of hydrogen-bond acceptors (Lipinski definition) is 4. The highest BCUT2D eigenvalue weighted by Crippen LogP contribution is 2.34. The smallest absolute Gasteiger partial charge is 0.293 e. The van der Waals surface area contributed by atoms with Crippen molar-refractivity contribution in [1.29, 1.82) is 0 Å². The highest BCUT2D eigenvalue weighted by atomic mass is 32.2. The van der Waals surface area contributed by atoms with Crippen LogP contribution in [0.25, 0.3) is 27.8 Å². The van der Waals surface area contributed by atoms with Crippen LogP contribution < -0.4 is 4.74 Å². The molecular weight excluding hydrogens is 504 g/mol. The molecule has 2 amide bonds. The number of imide groups is 1. The summed E-state index contributed by atoms with van der Waals surface area (Å²) in [7, 11) is 0. The van der Waals surface area contributed by atoms with E-state index in [0.717, 1.165) is 45.1 Å². The molecule has 1 aliphatic heterocycles. The second-order valence-corrected chi connectivity index (χ2v) is 10.9. The Morgan fingerprint density at radius 1 is 0.872 bits per heavy atom. The van der Waals surface area contributed by atoms with Gasteiger partial charge >= 0.3 is 0 Å². The minimum Gasteiger partial charge on any atom is -0.491 e. The van der Waals surface area contributed by atoms with Crippen molar-refractivity contribution >= 4 is 50.7 Å². The molecule has 0 radical (unpaired) electrons. The fraction of sp³-hybridized carbons (Fsp3) is 0.152. The number of rotatable bonds is 7. The third-order valence-corrected chi connectivity index (χ3v) is 7.97. The Hall–Kier alpha value is -4.29. The van der Waals surface area contributed by atoms with Gasteiger partial charge in [-0.3, -0.25) is 14.5 Å². The Morgan fingerprint density at radius 3 is 2.54 bits per heavy atom. The van der Waals surface area contributed by atoms with E-state index in [4.69, 9.17) is 4.74 Å². The normalized spacial score (nSPS) is 14.7. The average molecular weight is 533 g/mol. The van der Waals surface area contributed by atoms with Crippen LogP contribution in [-0.2, 0) is 11.3 Å². The summed E-state index contributed by atoms with van der Waals surface area (Å²) in [6.45, 7) is 5.15. The first-order chi connectivity index (χ1) is 19.0. The lowest BCUT2D eigenvalue weighted by molar-refractivity contribution is -0.123. The molecule has 4 aromatic carbocycles. The van der Waals surface area contributed by atoms with Gasteiger partial charge in [-0.25, -0.2) is 0 Å². The van der Waals surface area contributed by atoms with E-state index in [1.54, 1.807) is 0 Å². The molecule has 1 aliphatic rings. The summed E-state index contributed by atoms with van der Waals surface area (Å²) in [5.41, 5.74) is 5.32. The molecule has 0 bridgehead atoms. The minimum atomic E-state index is -0.277. The van der Waals surface area contributed by atoms with Crippen LogP contribution in [0.5, 0.6) is 5.75 Å². The number of carbonyl (C=O) groups excluding carboxylic acids is 2. The van der Waals surface area contributed by atoms with Crippen LogP contribution in [0.2, 0.25) is 0 Å². The third-order valence-electron chi connectivity index (χ3n) is 7.06. The number of carbonyl (C=O) groups is 2. The zero-order valence-corrected chi connectivity index (χ0v) is 22.7. The predicted octanol–water partition coefficient (Wildman–Crippen LogP) is 7.57. The Labute approximate surface area is 231 Å². The SMILES string of the molecule is Cc1ccc(C)c(OCCN2C(=O)S/C(=C\c3cn(Cc4ccc5ccccc5c4)c4ccccc34)C2=O)c1. The summed E-state index contributed by atoms with van der Waals surface area (Å²) in [4.78, 5) is 27.6. The van der Waals surface area contributed by atoms with E-state index in [1.165, 1.54) is 21.2 Å². The largest absolute Gasteiger partial charge is 0.491 e. The average Bonchev–Trinajstić information content (AvgIpc) is 3.42. The molecule has 5 nitrogen and oxygen atoms in total. The molecule has 1 saturated heterocycles. The fourth-order valence-corrected chi connectivity index (χ4v) is 5.85. The molecule has 39 heavy (non-hydrogen) atoms. The van der Waals surface area contributed by atoms with Crippen LogP contribution in [0.4, 0.5) is 4.79 Å². The van der Waals surface area contributed by atoms with Gasteiger partial charge in [-0.15, -0.1) is 0 Å². The molecular formula is C33H28N2O3S. The molecule has 6 rings (SSSR count). The van der Waals surface area contributed by atoms with Crippen LogP contribution >= 0.6 is 11.8 Å². The van der Waals surface area contributed by atoms with Crippen molar-refractivity contribution in [3.05, 3.63) is 118 Å². The van der Waals surface area contributed by atoms with Crippen molar-refractivity contribution in [2.75, 3.05) is 13.2 Å². The Kier molecular flexibility index (Phi) is 6.71. The molecule has 6 heteroatoms. The first-order valence-corrected chi connectivity index (χ1v) is 13.8. The van der Waals surface area contributed by atoms with Crippen molar-refractivity contribution in [3.8, 4) is 5.75 Å². The lowest BCUT2D eigenvalue weighted by Gasteiger charge is -2.14. The van der Waals surface area contributed by atoms with Gasteiger partial charge in [0.1, 0.15) is 12.4 Å². The zero-order valence-electron chi connectivity index (χ0n) is 21.9. The quantitative estimate of drug-likeness (QED) is 0.203. The van der Waals surface area contributed by atoms with E-state index in [1.807, 2.05) is 56.3 Å². The maximum absolute atomic E-state index is 13.2. The monoisotopic (exact) mass is 532 g/mol. The van der Waals surface area contributed by atoms with Crippen LogP contribution in [0, 0.1) is 13.8 Å². The molecule has 1 aromatic heterocycles. The third kappa shape index (κ3) is 5.08. The van der Waals surface area contributed by atoms with E-state index >= 15 is 0 Å². The second kappa shape index (κ2) is 10.5. The minimum absolute atomic E-state index is 0.207. The summed E-state index contributed by atoms with van der Waals surface area (Å²) in [5, 5.41) is 3.20. The number of benzene rings is 4. The Balaban J connectivity index is 1.22. The van der Waals surface area contributed by atoms with Crippen molar-refractivity contribution in [2.45, 2.75) is 20.4 Å². The molecule has 0 aliphatic carbocycles. The van der Waals surface area contributed by atoms with E-state index in [-0.39, 0.29) is 24.3 Å². The molecule has 0 saturated carbocycles. The number of hydrogen-bond donors (Lipinski definition) is 0. The molecule has 194 valence electrons. The summed E-state index contributed by atoms with van der Waals surface area (Å²) >= 11 is 0.985. The first kappa shape index (κ1) is 25.0. The molecule has 0 spiro atoms. The topological polar surface area (TPSA) is 51.5 Å². The summed E-state index contributed by atoms with van der Waals surface area (Å²) < 4.78 is 8.10. The summed E-state index contributed by atoms with van der Waals surface area (Å²) in [5.74, 6) is 0.498. The van der Waals surface area contributed by atoms with Gasteiger partial charge in [0.05, 0.1) is 11.4 Å². The summed E-state index contributed by atoms with van der Waals surface area (Å²) in [6, 6.07) is 29.0. The van der Waals surface area contributed by atoms with Gasteiger partial charge in [-0.1, -0.05) is 66.7 Å². The van der Waals surface area contributed by atoms with Gasteiger partial charge in [0.15, 0.2) is 0 Å². The number of fused-ring (bicyclic) bond motifs is 2. The number of thioether (sulfide) groups is 1. The van der Waals surface area contributed by atoms with E-state index < -0.39 is 0 Å². The van der Waals surface area contributed by atoms with Crippen molar-refractivity contribution in [2.24, 2.45) is 0 Å². The molecule has 0 N–H and O–H groups in total. The molecule has 5 aromatic rings. The zero-order chi connectivity index (χ0) is 26.9. The number of para-hydroxylation sites is 1. The van der Waals surface area contributed by atoms with Crippen LogP contribution in [-0.4, -0.2) is 33.8 Å². The van der Waals surface area contributed by atoms with Crippen LogP contribution in [0.3, 0.4) is 0 Å². The van der Waals surface area contributed by atoms with Crippen molar-refractivity contribution in [3.63, 3.8) is 0 Å². The Bertz CT molecular complexity index is 1770. The van der Waals surface area contributed by atoms with Crippen molar-refractivity contribution < 1.29 is 14.3 Å². The fourth-order valence-electron chi connectivity index (χ4n) is 5.00. The van der Waals surface area contributed by atoms with Gasteiger partial charge in [0.25, 0.3) is 11.1 Å². The van der Waals surface area contributed by atoms with E-state index in [2.05, 4.69) is 59.3 Å². The van der Waals surface area contributed by atoms with Gasteiger partial charge in [0.2, 0.25) is 0 Å². The molecule has 0 unspecified atom stereocenters. The maximum Gasteiger partial charge on any atom is 0.293 e. The predicted molar refractivity (Wildman–Crippen MR) is 159 cm³/mol. The lowest BCUT2D eigenvalue weighted by Crippen LogP contribution is -2.32. The first-order valence-electron chi connectivity index (χ1n) is 13.0. The number of aryl methyl sites for hydroxylation is 2.